The zero-order valence-electron chi connectivity index (χ0n) is 14.1. The average Bonchev–Trinajstić information content (AvgIpc) is 2.67. The molecule has 0 N–H and O–H groups in total. The summed E-state index contributed by atoms with van der Waals surface area (Å²) in [5.41, 5.74) is 2.89. The van der Waals surface area contributed by atoms with E-state index in [0.717, 1.165) is 21.2 Å². The molecule has 0 aliphatic carbocycles. The fourth-order valence-corrected chi connectivity index (χ4v) is 2.68. The van der Waals surface area contributed by atoms with Crippen molar-refractivity contribution >= 4 is 21.5 Å². The second-order valence-electron chi connectivity index (χ2n) is 5.51. The largest absolute Gasteiger partial charge is 0.208 e. The first-order chi connectivity index (χ1) is 12.2. The van der Waals surface area contributed by atoms with Gasteiger partial charge in [0.2, 0.25) is 0 Å². The summed E-state index contributed by atoms with van der Waals surface area (Å²) in [6.07, 6.45) is 4.02. The summed E-state index contributed by atoms with van der Waals surface area (Å²) < 4.78 is 1.02. The highest BCUT2D eigenvalue weighted by Crippen LogP contribution is 2.24. The molecule has 3 rings (SSSR count). The van der Waals surface area contributed by atoms with Gasteiger partial charge in [0.25, 0.3) is 0 Å². The molecule has 3 aromatic rings. The molecule has 0 aliphatic heterocycles. The third-order valence-corrected chi connectivity index (χ3v) is 3.85. The number of rotatable bonds is 4. The van der Waals surface area contributed by atoms with Crippen molar-refractivity contribution < 1.29 is 0 Å². The molecule has 124 valence electrons. The molecule has 2 aromatic carbocycles. The minimum atomic E-state index is 0.661. The SMILES string of the molecule is C/C=C(\C=C(/C)Br)c1nc(-c2ccccc2)nc(-c2ccccc2)n1. The Labute approximate surface area is 156 Å². The number of hydrogen-bond acceptors (Lipinski definition) is 3. The third-order valence-electron chi connectivity index (χ3n) is 3.62. The Morgan fingerprint density at radius 3 is 1.68 bits per heavy atom. The van der Waals surface area contributed by atoms with Crippen molar-refractivity contribution in [3.63, 3.8) is 0 Å². The van der Waals surface area contributed by atoms with Crippen LogP contribution in [-0.4, -0.2) is 15.0 Å². The first-order valence-corrected chi connectivity index (χ1v) is 8.84. The molecule has 0 atom stereocenters. The van der Waals surface area contributed by atoms with Gasteiger partial charge in [0.05, 0.1) is 0 Å². The first-order valence-electron chi connectivity index (χ1n) is 8.05. The zero-order chi connectivity index (χ0) is 17.6. The van der Waals surface area contributed by atoms with Crippen LogP contribution in [0.3, 0.4) is 0 Å². The zero-order valence-corrected chi connectivity index (χ0v) is 15.7. The Morgan fingerprint density at radius 2 is 1.28 bits per heavy atom. The van der Waals surface area contributed by atoms with E-state index >= 15 is 0 Å². The van der Waals surface area contributed by atoms with Crippen molar-refractivity contribution in [1.29, 1.82) is 0 Å². The van der Waals surface area contributed by atoms with E-state index in [-0.39, 0.29) is 0 Å². The van der Waals surface area contributed by atoms with Crippen molar-refractivity contribution in [1.82, 2.24) is 15.0 Å². The lowest BCUT2D eigenvalue weighted by Crippen LogP contribution is -2.02. The van der Waals surface area contributed by atoms with Gasteiger partial charge >= 0.3 is 0 Å². The van der Waals surface area contributed by atoms with E-state index in [9.17, 15) is 0 Å². The van der Waals surface area contributed by atoms with Crippen LogP contribution in [0.4, 0.5) is 0 Å². The fourth-order valence-electron chi connectivity index (χ4n) is 2.43. The third kappa shape index (κ3) is 4.28. The van der Waals surface area contributed by atoms with Crippen molar-refractivity contribution in [3.05, 3.63) is 83.1 Å². The van der Waals surface area contributed by atoms with Gasteiger partial charge in [-0.05, 0) is 24.4 Å². The fraction of sp³-hybridized carbons (Fsp3) is 0.0952. The molecule has 0 saturated carbocycles. The molecule has 0 bridgehead atoms. The molecular formula is C21H18BrN3. The van der Waals surface area contributed by atoms with Gasteiger partial charge in [-0.25, -0.2) is 15.0 Å². The smallest absolute Gasteiger partial charge is 0.164 e. The van der Waals surface area contributed by atoms with Crippen LogP contribution in [0.5, 0.6) is 0 Å². The predicted molar refractivity (Wildman–Crippen MR) is 107 cm³/mol. The molecule has 1 heterocycles. The molecule has 1 aromatic heterocycles. The molecule has 25 heavy (non-hydrogen) atoms. The van der Waals surface area contributed by atoms with Crippen LogP contribution in [0.25, 0.3) is 28.3 Å². The van der Waals surface area contributed by atoms with E-state index in [4.69, 9.17) is 9.97 Å². The van der Waals surface area contributed by atoms with E-state index in [0.29, 0.717) is 17.5 Å². The molecule has 0 amide bonds. The molecule has 0 saturated heterocycles. The highest BCUT2D eigenvalue weighted by molar-refractivity contribution is 9.11. The average molecular weight is 392 g/mol. The molecule has 0 radical (unpaired) electrons. The lowest BCUT2D eigenvalue weighted by atomic mass is 10.1. The van der Waals surface area contributed by atoms with Gasteiger partial charge in [-0.15, -0.1) is 0 Å². The Balaban J connectivity index is 2.20. The van der Waals surface area contributed by atoms with E-state index in [1.54, 1.807) is 0 Å². The normalized spacial score (nSPS) is 12.3. The molecule has 0 aliphatic rings. The van der Waals surface area contributed by atoms with Crippen LogP contribution in [-0.2, 0) is 0 Å². The van der Waals surface area contributed by atoms with Crippen LogP contribution in [0.15, 0.2) is 77.3 Å². The van der Waals surface area contributed by atoms with Crippen LogP contribution >= 0.6 is 15.9 Å². The van der Waals surface area contributed by atoms with Gasteiger partial charge in [0.15, 0.2) is 17.5 Å². The second-order valence-corrected chi connectivity index (χ2v) is 6.76. The number of halogens is 1. The predicted octanol–water partition coefficient (Wildman–Crippen LogP) is 5.91. The van der Waals surface area contributed by atoms with Gasteiger partial charge in [0, 0.05) is 16.7 Å². The molecule has 0 unspecified atom stereocenters. The maximum absolute atomic E-state index is 4.70. The highest BCUT2D eigenvalue weighted by atomic mass is 79.9. The van der Waals surface area contributed by atoms with Crippen LogP contribution in [0.2, 0.25) is 0 Å². The number of hydrogen-bond donors (Lipinski definition) is 0. The molecular weight excluding hydrogens is 374 g/mol. The Morgan fingerprint density at radius 1 is 0.800 bits per heavy atom. The van der Waals surface area contributed by atoms with Gasteiger partial charge in [-0.3, -0.25) is 0 Å². The first kappa shape index (κ1) is 17.2. The lowest BCUT2D eigenvalue weighted by molar-refractivity contribution is 1.04. The van der Waals surface area contributed by atoms with Crippen LogP contribution in [0, 0.1) is 0 Å². The lowest BCUT2D eigenvalue weighted by Gasteiger charge is -2.08. The summed E-state index contributed by atoms with van der Waals surface area (Å²) in [6, 6.07) is 19.9. The van der Waals surface area contributed by atoms with Gasteiger partial charge in [-0.2, -0.15) is 0 Å². The number of aromatic nitrogens is 3. The molecule has 3 nitrogen and oxygen atoms in total. The van der Waals surface area contributed by atoms with E-state index in [1.807, 2.05) is 86.7 Å². The van der Waals surface area contributed by atoms with E-state index < -0.39 is 0 Å². The number of allylic oxidation sites excluding steroid dienone is 4. The topological polar surface area (TPSA) is 38.7 Å². The van der Waals surface area contributed by atoms with Crippen LogP contribution in [0.1, 0.15) is 19.7 Å². The van der Waals surface area contributed by atoms with E-state index in [2.05, 4.69) is 20.9 Å². The Hall–Kier alpha value is -2.59. The van der Waals surface area contributed by atoms with Crippen molar-refractivity contribution in [2.24, 2.45) is 0 Å². The quantitative estimate of drug-likeness (QED) is 0.519. The minimum absolute atomic E-state index is 0.661. The minimum Gasteiger partial charge on any atom is -0.208 e. The van der Waals surface area contributed by atoms with Crippen molar-refractivity contribution in [2.45, 2.75) is 13.8 Å². The highest BCUT2D eigenvalue weighted by Gasteiger charge is 2.12. The summed E-state index contributed by atoms with van der Waals surface area (Å²) >= 11 is 3.49. The number of nitrogens with zero attached hydrogens (tertiary/aromatic N) is 3. The summed E-state index contributed by atoms with van der Waals surface area (Å²) in [5, 5.41) is 0. The van der Waals surface area contributed by atoms with Crippen molar-refractivity contribution in [2.75, 3.05) is 0 Å². The maximum atomic E-state index is 4.70. The summed E-state index contributed by atoms with van der Waals surface area (Å²) in [7, 11) is 0. The maximum Gasteiger partial charge on any atom is 0.164 e. The second kappa shape index (κ2) is 7.99. The van der Waals surface area contributed by atoms with Crippen LogP contribution < -0.4 is 0 Å². The number of benzene rings is 2. The summed E-state index contributed by atoms with van der Waals surface area (Å²) in [6.45, 7) is 3.97. The monoisotopic (exact) mass is 391 g/mol. The van der Waals surface area contributed by atoms with Gasteiger partial charge in [0.1, 0.15) is 0 Å². The van der Waals surface area contributed by atoms with Crippen molar-refractivity contribution in [3.8, 4) is 22.8 Å². The Bertz CT molecular complexity index is 855. The summed E-state index contributed by atoms with van der Waals surface area (Å²) in [5.74, 6) is 2.00. The molecule has 4 heteroatoms. The van der Waals surface area contributed by atoms with Gasteiger partial charge < -0.3 is 0 Å². The Kier molecular flexibility index (Phi) is 5.51. The standard InChI is InChI=1S/C21H18BrN3/c1-3-16(14-15(2)22)19-23-20(17-10-6-4-7-11-17)25-21(24-19)18-12-8-5-9-13-18/h3-14H,1-2H3/b15-14+,16-3+. The van der Waals surface area contributed by atoms with Gasteiger partial charge in [-0.1, -0.05) is 82.7 Å². The molecule has 0 fully saturated rings. The van der Waals surface area contributed by atoms with E-state index in [1.165, 1.54) is 0 Å². The summed E-state index contributed by atoms with van der Waals surface area (Å²) in [4.78, 5) is 14.1. The molecule has 0 spiro atoms.